The molecule has 1 N–H and O–H groups in total. The number of carbonyl (C=O) groups is 1. The van der Waals surface area contributed by atoms with Crippen molar-refractivity contribution >= 4 is 21.6 Å². The third-order valence-electron chi connectivity index (χ3n) is 5.31. The van der Waals surface area contributed by atoms with Gasteiger partial charge in [0.15, 0.2) is 0 Å². The molecular formula is C24H24N2O4S. The summed E-state index contributed by atoms with van der Waals surface area (Å²) in [6, 6.07) is 21.2. The number of nitrogens with one attached hydrogen (secondary N) is 1. The number of hydrogen-bond donors (Lipinski definition) is 1. The van der Waals surface area contributed by atoms with E-state index in [0.29, 0.717) is 23.7 Å². The predicted octanol–water partition coefficient (Wildman–Crippen LogP) is 4.59. The summed E-state index contributed by atoms with van der Waals surface area (Å²) >= 11 is 0. The number of fused-ring (bicyclic) bond motifs is 2. The highest BCUT2D eigenvalue weighted by Gasteiger charge is 2.32. The second-order valence-electron chi connectivity index (χ2n) is 7.45. The Morgan fingerprint density at radius 1 is 0.935 bits per heavy atom. The molecule has 0 spiro atoms. The molecule has 0 atom stereocenters. The first kappa shape index (κ1) is 21.1. The van der Waals surface area contributed by atoms with Crippen molar-refractivity contribution in [3.63, 3.8) is 0 Å². The quantitative estimate of drug-likeness (QED) is 0.613. The van der Waals surface area contributed by atoms with Gasteiger partial charge < -0.3 is 10.1 Å². The number of amides is 1. The van der Waals surface area contributed by atoms with E-state index in [0.717, 1.165) is 17.5 Å². The van der Waals surface area contributed by atoms with E-state index in [2.05, 4.69) is 5.32 Å². The molecule has 160 valence electrons. The summed E-state index contributed by atoms with van der Waals surface area (Å²) in [5.74, 6) is 0.575. The van der Waals surface area contributed by atoms with E-state index in [9.17, 15) is 13.2 Å². The summed E-state index contributed by atoms with van der Waals surface area (Å²) in [6.45, 7) is 2.38. The van der Waals surface area contributed by atoms with Crippen LogP contribution in [-0.2, 0) is 14.8 Å². The fourth-order valence-corrected chi connectivity index (χ4v) is 4.99. The van der Waals surface area contributed by atoms with Crippen LogP contribution >= 0.6 is 0 Å². The minimum Gasteiger partial charge on any atom is -0.457 e. The van der Waals surface area contributed by atoms with Crippen molar-refractivity contribution in [1.29, 1.82) is 0 Å². The van der Waals surface area contributed by atoms with Crippen molar-refractivity contribution in [2.75, 3.05) is 18.9 Å². The van der Waals surface area contributed by atoms with Gasteiger partial charge in [0.25, 0.3) is 0 Å². The number of anilines is 1. The summed E-state index contributed by atoms with van der Waals surface area (Å²) in [5.41, 5.74) is 2.11. The molecule has 0 aromatic heterocycles. The molecule has 0 aliphatic carbocycles. The smallest absolute Gasteiger partial charge is 0.242 e. The van der Waals surface area contributed by atoms with Crippen LogP contribution < -0.4 is 10.1 Å². The Morgan fingerprint density at radius 3 is 2.03 bits per heavy atom. The Balaban J connectivity index is 1.60. The number of rotatable bonds is 6. The van der Waals surface area contributed by atoms with Crippen molar-refractivity contribution in [1.82, 2.24) is 4.31 Å². The summed E-state index contributed by atoms with van der Waals surface area (Å²) in [7, 11) is -1.98. The third-order valence-corrected chi connectivity index (χ3v) is 7.18. The molecule has 0 saturated heterocycles. The van der Waals surface area contributed by atoms with Gasteiger partial charge in [-0.3, -0.25) is 4.79 Å². The number of carbonyl (C=O) groups excluding carboxylic acids is 1. The largest absolute Gasteiger partial charge is 0.457 e. The Labute approximate surface area is 182 Å². The molecule has 3 aromatic rings. The number of hydrogen-bond acceptors (Lipinski definition) is 4. The Hall–Kier alpha value is -3.16. The fourth-order valence-electron chi connectivity index (χ4n) is 3.73. The Kier molecular flexibility index (Phi) is 5.80. The molecule has 1 amide bonds. The van der Waals surface area contributed by atoms with E-state index in [1.54, 1.807) is 19.2 Å². The molecule has 1 heterocycles. The van der Waals surface area contributed by atoms with Crippen molar-refractivity contribution in [2.45, 2.75) is 24.2 Å². The molecule has 0 unspecified atom stereocenters. The zero-order valence-corrected chi connectivity index (χ0v) is 18.2. The Bertz CT molecular complexity index is 1160. The molecule has 31 heavy (non-hydrogen) atoms. The lowest BCUT2D eigenvalue weighted by molar-refractivity contribution is -0.116. The molecular weight excluding hydrogens is 412 g/mol. The zero-order chi connectivity index (χ0) is 22.0. The third kappa shape index (κ3) is 4.06. The molecule has 3 aromatic carbocycles. The second-order valence-corrected chi connectivity index (χ2v) is 9.50. The minimum absolute atomic E-state index is 0.197. The molecule has 0 radical (unpaired) electrons. The predicted molar refractivity (Wildman–Crippen MR) is 120 cm³/mol. The van der Waals surface area contributed by atoms with Crippen molar-refractivity contribution < 1.29 is 17.9 Å². The topological polar surface area (TPSA) is 75.7 Å². The minimum atomic E-state index is -3.54. The summed E-state index contributed by atoms with van der Waals surface area (Å²) in [5, 5.41) is 2.92. The molecule has 0 fully saturated rings. The number of ether oxygens (including phenoxy) is 1. The maximum Gasteiger partial charge on any atom is 0.242 e. The summed E-state index contributed by atoms with van der Waals surface area (Å²) < 4.78 is 32.5. The first-order valence-electron chi connectivity index (χ1n) is 10.1. The van der Waals surface area contributed by atoms with Gasteiger partial charge in [-0.1, -0.05) is 43.3 Å². The van der Waals surface area contributed by atoms with Crippen LogP contribution in [0.3, 0.4) is 0 Å². The zero-order valence-electron chi connectivity index (χ0n) is 17.4. The number of para-hydroxylation sites is 2. The lowest BCUT2D eigenvalue weighted by Gasteiger charge is -2.27. The van der Waals surface area contributed by atoms with Gasteiger partial charge in [0.2, 0.25) is 15.9 Å². The fraction of sp³-hybridized carbons (Fsp3) is 0.208. The van der Waals surface area contributed by atoms with E-state index >= 15 is 0 Å². The van der Waals surface area contributed by atoms with E-state index in [4.69, 9.17) is 4.74 Å². The van der Waals surface area contributed by atoms with Gasteiger partial charge in [-0.05, 0) is 42.8 Å². The molecule has 1 aliphatic heterocycles. The van der Waals surface area contributed by atoms with Crippen molar-refractivity contribution in [2.24, 2.45) is 0 Å². The standard InChI is InChI=1S/C24H24N2O4S/c1-3-16-26(2)31(28,29)18-14-12-17(13-15-18)25-24(27)23-19-8-4-6-10-21(19)30-22-11-7-5-9-20(22)23/h4-15,23H,3,16H2,1-2H3,(H,25,27). The van der Waals surface area contributed by atoms with E-state index in [1.165, 1.54) is 16.4 Å². The van der Waals surface area contributed by atoms with Gasteiger partial charge >= 0.3 is 0 Å². The Morgan fingerprint density at radius 2 is 1.48 bits per heavy atom. The highest BCUT2D eigenvalue weighted by Crippen LogP contribution is 2.44. The maximum absolute atomic E-state index is 13.3. The average Bonchev–Trinajstić information content (AvgIpc) is 2.77. The molecule has 4 rings (SSSR count). The number of sulfonamides is 1. The lowest BCUT2D eigenvalue weighted by Crippen LogP contribution is -2.27. The van der Waals surface area contributed by atoms with Crippen LogP contribution in [0.4, 0.5) is 5.69 Å². The number of benzene rings is 3. The van der Waals surface area contributed by atoms with E-state index in [1.807, 2.05) is 55.5 Å². The molecule has 0 saturated carbocycles. The highest BCUT2D eigenvalue weighted by atomic mass is 32.2. The normalized spacial score (nSPS) is 13.3. The lowest BCUT2D eigenvalue weighted by atomic mass is 9.87. The van der Waals surface area contributed by atoms with Gasteiger partial charge in [-0.25, -0.2) is 12.7 Å². The van der Waals surface area contributed by atoms with Crippen LogP contribution in [-0.4, -0.2) is 32.2 Å². The molecule has 7 heteroatoms. The highest BCUT2D eigenvalue weighted by molar-refractivity contribution is 7.89. The number of nitrogens with zero attached hydrogens (tertiary/aromatic N) is 1. The van der Waals surface area contributed by atoms with E-state index < -0.39 is 15.9 Å². The molecule has 0 bridgehead atoms. The van der Waals surface area contributed by atoms with Crippen LogP contribution in [0.5, 0.6) is 11.5 Å². The maximum atomic E-state index is 13.3. The monoisotopic (exact) mass is 436 g/mol. The first-order valence-corrected chi connectivity index (χ1v) is 11.6. The van der Waals surface area contributed by atoms with Crippen LogP contribution in [0.2, 0.25) is 0 Å². The average molecular weight is 437 g/mol. The van der Waals surface area contributed by atoms with Crippen LogP contribution in [0, 0.1) is 0 Å². The first-order chi connectivity index (χ1) is 14.9. The second kappa shape index (κ2) is 8.53. The van der Waals surface area contributed by atoms with Crippen molar-refractivity contribution in [3.8, 4) is 11.5 Å². The SMILES string of the molecule is CCCN(C)S(=O)(=O)c1ccc(NC(=O)C2c3ccccc3Oc3ccccc32)cc1. The van der Waals surface area contributed by atoms with Crippen LogP contribution in [0.1, 0.15) is 30.4 Å². The van der Waals surface area contributed by atoms with Gasteiger partial charge in [0, 0.05) is 30.4 Å². The summed E-state index contributed by atoms with van der Waals surface area (Å²) in [4.78, 5) is 13.5. The van der Waals surface area contributed by atoms with Gasteiger partial charge in [0.1, 0.15) is 11.5 Å². The van der Waals surface area contributed by atoms with E-state index in [-0.39, 0.29) is 10.8 Å². The van der Waals surface area contributed by atoms with Crippen LogP contribution in [0.15, 0.2) is 77.7 Å². The molecule has 6 nitrogen and oxygen atoms in total. The van der Waals surface area contributed by atoms with Crippen molar-refractivity contribution in [3.05, 3.63) is 83.9 Å². The van der Waals surface area contributed by atoms with Gasteiger partial charge in [0.05, 0.1) is 10.8 Å². The summed E-state index contributed by atoms with van der Waals surface area (Å²) in [6.07, 6.45) is 0.734. The van der Waals surface area contributed by atoms with Gasteiger partial charge in [-0.2, -0.15) is 0 Å². The molecule has 1 aliphatic rings. The van der Waals surface area contributed by atoms with Gasteiger partial charge in [-0.15, -0.1) is 0 Å². The van der Waals surface area contributed by atoms with Crippen LogP contribution in [0.25, 0.3) is 0 Å².